The van der Waals surface area contributed by atoms with Gasteiger partial charge in [0.15, 0.2) is 0 Å². The molecule has 8 nitrogen and oxygen atoms in total. The molecule has 0 unspecified atom stereocenters. The highest BCUT2D eigenvalue weighted by atomic mass is 32.1. The molecule has 0 radical (unpaired) electrons. The van der Waals surface area contributed by atoms with Gasteiger partial charge in [0.1, 0.15) is 22.7 Å². The van der Waals surface area contributed by atoms with E-state index in [2.05, 4.69) is 27.9 Å². The molecular weight excluding hydrogens is 366 g/mol. The Morgan fingerprint density at radius 3 is 2.78 bits per heavy atom. The lowest BCUT2D eigenvalue weighted by atomic mass is 10.1. The lowest BCUT2D eigenvalue weighted by Gasteiger charge is -2.35. The number of rotatable bonds is 4. The number of aromatic nitrogens is 2. The molecule has 2 N–H and O–H groups in total. The number of furan rings is 1. The summed E-state index contributed by atoms with van der Waals surface area (Å²) in [4.78, 5) is 38.9. The number of nitrogens with zero attached hydrogens (tertiary/aromatic N) is 4. The second-order valence-electron chi connectivity index (χ2n) is 6.45. The van der Waals surface area contributed by atoms with E-state index in [0.29, 0.717) is 37.5 Å². The average Bonchev–Trinajstić information content (AvgIpc) is 3.25. The van der Waals surface area contributed by atoms with Gasteiger partial charge in [-0.15, -0.1) is 11.3 Å². The molecule has 0 aliphatic carbocycles. The van der Waals surface area contributed by atoms with Gasteiger partial charge in [0.2, 0.25) is 5.91 Å². The number of thiophene rings is 1. The SMILES string of the molecule is Cc1cc2c(N3CCN(C(=O)c4ccoc4CC(N)=O)CC3)ncnc2s1. The largest absolute Gasteiger partial charge is 0.468 e. The Morgan fingerprint density at radius 2 is 2.04 bits per heavy atom. The van der Waals surface area contributed by atoms with Crippen LogP contribution in [0.15, 0.2) is 29.1 Å². The van der Waals surface area contributed by atoms with Gasteiger partial charge >= 0.3 is 0 Å². The van der Waals surface area contributed by atoms with E-state index in [0.717, 1.165) is 16.0 Å². The van der Waals surface area contributed by atoms with Crippen molar-refractivity contribution in [2.24, 2.45) is 5.73 Å². The molecule has 0 bridgehead atoms. The van der Waals surface area contributed by atoms with Gasteiger partial charge in [-0.1, -0.05) is 0 Å². The summed E-state index contributed by atoms with van der Waals surface area (Å²) < 4.78 is 5.25. The number of hydrogen-bond donors (Lipinski definition) is 1. The van der Waals surface area contributed by atoms with Crippen molar-refractivity contribution < 1.29 is 14.0 Å². The molecule has 9 heteroatoms. The second-order valence-corrected chi connectivity index (χ2v) is 7.69. The van der Waals surface area contributed by atoms with Crippen LogP contribution >= 0.6 is 11.3 Å². The predicted octanol–water partition coefficient (Wildman–Crippen LogP) is 1.58. The molecule has 2 amide bonds. The smallest absolute Gasteiger partial charge is 0.257 e. The van der Waals surface area contributed by atoms with Crippen LogP contribution in [0.5, 0.6) is 0 Å². The van der Waals surface area contributed by atoms with Crippen molar-refractivity contribution in [2.45, 2.75) is 13.3 Å². The number of aryl methyl sites for hydroxylation is 1. The molecule has 1 fully saturated rings. The summed E-state index contributed by atoms with van der Waals surface area (Å²) in [6.45, 7) is 4.54. The maximum atomic E-state index is 12.8. The van der Waals surface area contributed by atoms with Crippen LogP contribution < -0.4 is 10.6 Å². The van der Waals surface area contributed by atoms with Crippen molar-refractivity contribution in [3.63, 3.8) is 0 Å². The number of carbonyl (C=O) groups excluding carboxylic acids is 2. The molecular formula is C18H19N5O3S. The van der Waals surface area contributed by atoms with E-state index in [1.54, 1.807) is 28.6 Å². The van der Waals surface area contributed by atoms with E-state index in [4.69, 9.17) is 10.2 Å². The molecule has 140 valence electrons. The van der Waals surface area contributed by atoms with Gasteiger partial charge in [-0.2, -0.15) is 0 Å². The van der Waals surface area contributed by atoms with Crippen LogP contribution in [0.4, 0.5) is 5.82 Å². The topological polar surface area (TPSA) is 106 Å². The fraction of sp³-hybridized carbons (Fsp3) is 0.333. The van der Waals surface area contributed by atoms with Crippen LogP contribution in [-0.2, 0) is 11.2 Å². The maximum Gasteiger partial charge on any atom is 0.257 e. The Bertz CT molecular complexity index is 1000. The first kappa shape index (κ1) is 17.5. The fourth-order valence-corrected chi connectivity index (χ4v) is 4.18. The van der Waals surface area contributed by atoms with E-state index >= 15 is 0 Å². The van der Waals surface area contributed by atoms with E-state index < -0.39 is 5.91 Å². The Morgan fingerprint density at radius 1 is 1.26 bits per heavy atom. The normalized spacial score (nSPS) is 14.7. The van der Waals surface area contributed by atoms with Crippen LogP contribution in [-0.4, -0.2) is 52.9 Å². The first-order chi connectivity index (χ1) is 13.0. The molecule has 0 saturated carbocycles. The van der Waals surface area contributed by atoms with E-state index in [1.807, 2.05) is 0 Å². The van der Waals surface area contributed by atoms with Gasteiger partial charge < -0.3 is 20.0 Å². The molecule has 3 aromatic rings. The van der Waals surface area contributed by atoms with Crippen LogP contribution in [0.2, 0.25) is 0 Å². The van der Waals surface area contributed by atoms with Gasteiger partial charge in [-0.05, 0) is 19.1 Å². The number of carbonyl (C=O) groups is 2. The Kier molecular flexibility index (Phi) is 4.53. The van der Waals surface area contributed by atoms with Crippen LogP contribution in [0.3, 0.4) is 0 Å². The lowest BCUT2D eigenvalue weighted by molar-refractivity contribution is -0.117. The Labute approximate surface area is 159 Å². The minimum atomic E-state index is -0.525. The molecule has 3 aromatic heterocycles. The van der Waals surface area contributed by atoms with Crippen LogP contribution in [0, 0.1) is 6.92 Å². The zero-order chi connectivity index (χ0) is 19.0. The number of amides is 2. The zero-order valence-corrected chi connectivity index (χ0v) is 15.7. The molecule has 1 aliphatic heterocycles. The maximum absolute atomic E-state index is 12.8. The first-order valence-corrected chi connectivity index (χ1v) is 9.44. The highest BCUT2D eigenvalue weighted by Crippen LogP contribution is 2.30. The molecule has 27 heavy (non-hydrogen) atoms. The fourth-order valence-electron chi connectivity index (χ4n) is 3.33. The van der Waals surface area contributed by atoms with Crippen molar-refractivity contribution in [3.8, 4) is 0 Å². The van der Waals surface area contributed by atoms with Crippen molar-refractivity contribution in [2.75, 3.05) is 31.1 Å². The average molecular weight is 385 g/mol. The van der Waals surface area contributed by atoms with Crippen molar-refractivity contribution >= 4 is 39.2 Å². The molecule has 1 aliphatic rings. The molecule has 0 aromatic carbocycles. The molecule has 1 saturated heterocycles. The minimum Gasteiger partial charge on any atom is -0.468 e. The van der Waals surface area contributed by atoms with Crippen molar-refractivity contribution in [1.29, 1.82) is 0 Å². The van der Waals surface area contributed by atoms with Crippen molar-refractivity contribution in [3.05, 3.63) is 40.9 Å². The summed E-state index contributed by atoms with van der Waals surface area (Å²) in [5.74, 6) is 0.567. The summed E-state index contributed by atoms with van der Waals surface area (Å²) in [5, 5.41) is 1.05. The quantitative estimate of drug-likeness (QED) is 0.731. The number of piperazine rings is 1. The molecule has 4 rings (SSSR count). The predicted molar refractivity (Wildman–Crippen MR) is 102 cm³/mol. The van der Waals surface area contributed by atoms with Gasteiger partial charge in [0, 0.05) is 31.1 Å². The van der Waals surface area contributed by atoms with Gasteiger partial charge in [0.25, 0.3) is 5.91 Å². The Hall–Kier alpha value is -2.94. The molecule has 0 spiro atoms. The number of anilines is 1. The molecule has 0 atom stereocenters. The van der Waals surface area contributed by atoms with E-state index in [1.165, 1.54) is 11.1 Å². The standard InChI is InChI=1S/C18H19N5O3S/c1-11-8-13-16(20-10-21-17(13)27-11)22-3-5-23(6-4-22)18(25)12-2-7-26-14(12)9-15(19)24/h2,7-8,10H,3-6,9H2,1H3,(H2,19,24). The van der Waals surface area contributed by atoms with Gasteiger partial charge in [-0.25, -0.2) is 9.97 Å². The summed E-state index contributed by atoms with van der Waals surface area (Å²) in [5.41, 5.74) is 5.62. The van der Waals surface area contributed by atoms with Crippen LogP contribution in [0.25, 0.3) is 10.2 Å². The number of fused-ring (bicyclic) bond motifs is 1. The van der Waals surface area contributed by atoms with Crippen molar-refractivity contribution in [1.82, 2.24) is 14.9 Å². The second kappa shape index (κ2) is 6.99. The third-order valence-corrected chi connectivity index (χ3v) is 5.57. The summed E-state index contributed by atoms with van der Waals surface area (Å²) in [6, 6.07) is 3.70. The summed E-state index contributed by atoms with van der Waals surface area (Å²) in [7, 11) is 0. The van der Waals surface area contributed by atoms with E-state index in [9.17, 15) is 9.59 Å². The van der Waals surface area contributed by atoms with Crippen LogP contribution in [0.1, 0.15) is 21.0 Å². The third-order valence-electron chi connectivity index (χ3n) is 4.61. The first-order valence-electron chi connectivity index (χ1n) is 8.63. The zero-order valence-electron chi connectivity index (χ0n) is 14.8. The highest BCUT2D eigenvalue weighted by molar-refractivity contribution is 7.18. The lowest BCUT2D eigenvalue weighted by Crippen LogP contribution is -2.49. The number of nitrogens with two attached hydrogens (primary N) is 1. The summed E-state index contributed by atoms with van der Waals surface area (Å²) in [6.07, 6.45) is 2.93. The van der Waals surface area contributed by atoms with Gasteiger partial charge in [-0.3, -0.25) is 9.59 Å². The summed E-state index contributed by atoms with van der Waals surface area (Å²) >= 11 is 1.65. The Balaban J connectivity index is 1.48. The number of hydrogen-bond acceptors (Lipinski definition) is 7. The highest BCUT2D eigenvalue weighted by Gasteiger charge is 2.27. The minimum absolute atomic E-state index is 0.0789. The van der Waals surface area contributed by atoms with Gasteiger partial charge in [0.05, 0.1) is 23.6 Å². The number of primary amides is 1. The molecule has 4 heterocycles. The third kappa shape index (κ3) is 3.37. The van der Waals surface area contributed by atoms with E-state index in [-0.39, 0.29) is 12.3 Å². The monoisotopic (exact) mass is 385 g/mol.